The van der Waals surface area contributed by atoms with Crippen LogP contribution in [0.1, 0.15) is 113 Å². The number of hydrogen-bond acceptors (Lipinski definition) is 2. The molecule has 2 heteroatoms. The summed E-state index contributed by atoms with van der Waals surface area (Å²) in [5.41, 5.74) is 3.01. The summed E-state index contributed by atoms with van der Waals surface area (Å²) in [6.45, 7) is 19.5. The predicted octanol–water partition coefficient (Wildman–Crippen LogP) is 8.21. The Morgan fingerprint density at radius 2 is 1.64 bits per heavy atom. The average molecular weight is 455 g/mol. The predicted molar refractivity (Wildman–Crippen MR) is 136 cm³/mol. The van der Waals surface area contributed by atoms with Crippen molar-refractivity contribution >= 4 is 5.97 Å². The number of rotatable bonds is 1. The highest BCUT2D eigenvalue weighted by Crippen LogP contribution is 2.74. The van der Waals surface area contributed by atoms with Crippen LogP contribution in [-0.4, -0.2) is 12.1 Å². The highest BCUT2D eigenvalue weighted by Gasteiger charge is 2.67. The summed E-state index contributed by atoms with van der Waals surface area (Å²) >= 11 is 0. The molecular weight excluding hydrogens is 404 g/mol. The fourth-order valence-electron chi connectivity index (χ4n) is 10.9. The van der Waals surface area contributed by atoms with E-state index < -0.39 is 0 Å². The number of carbonyl (C=O) groups excluding carboxylic acids is 1. The van der Waals surface area contributed by atoms with E-state index in [0.29, 0.717) is 22.2 Å². The van der Waals surface area contributed by atoms with Crippen molar-refractivity contribution < 1.29 is 9.53 Å². The molecule has 4 saturated carbocycles. The van der Waals surface area contributed by atoms with E-state index in [9.17, 15) is 4.79 Å². The van der Waals surface area contributed by atoms with Crippen LogP contribution in [0.2, 0.25) is 0 Å². The SMILES string of the molecule is CC(=O)O[C@H]1CC[C@@]2(C)[C@@H](CC[C@]3(C)[C@H]2CC=C2[C@H]4[C@H](CC[C@@H](C)[C@@H]4C)CC[C@]23C)C1(C)C. The smallest absolute Gasteiger partial charge is 0.302 e. The van der Waals surface area contributed by atoms with E-state index in [-0.39, 0.29) is 17.5 Å². The number of allylic oxidation sites excluding steroid dienone is 2. The van der Waals surface area contributed by atoms with Crippen LogP contribution >= 0.6 is 0 Å². The Bertz CT molecular complexity index is 838. The Balaban J connectivity index is 1.52. The van der Waals surface area contributed by atoms with Gasteiger partial charge in [0.1, 0.15) is 6.10 Å². The minimum Gasteiger partial charge on any atom is -0.462 e. The van der Waals surface area contributed by atoms with Gasteiger partial charge in [0.2, 0.25) is 0 Å². The van der Waals surface area contributed by atoms with E-state index in [1.165, 1.54) is 51.4 Å². The standard InChI is InChI=1S/C31H50O2/c1-19-9-10-22-13-17-30(7)23(27(22)20(19)2)11-12-25-29(6)16-15-26(33-21(3)32)28(4,5)24(29)14-18-31(25,30)8/h11,19-20,22,24-27H,9-10,12-18H2,1-8H3/t19-,20+,22-,24+,25+,26+,27-,29+,30-,31-/m1/s1. The topological polar surface area (TPSA) is 26.3 Å². The Kier molecular flexibility index (Phi) is 5.51. The molecule has 0 aliphatic heterocycles. The van der Waals surface area contributed by atoms with E-state index in [2.05, 4.69) is 54.5 Å². The molecule has 186 valence electrons. The van der Waals surface area contributed by atoms with Crippen LogP contribution in [0.4, 0.5) is 0 Å². The first-order valence-electron chi connectivity index (χ1n) is 14.2. The van der Waals surface area contributed by atoms with Crippen LogP contribution in [-0.2, 0) is 9.53 Å². The van der Waals surface area contributed by atoms with Crippen molar-refractivity contribution in [3.05, 3.63) is 11.6 Å². The molecule has 5 aliphatic rings. The molecule has 0 aromatic rings. The van der Waals surface area contributed by atoms with E-state index in [1.54, 1.807) is 6.92 Å². The first kappa shape index (κ1) is 23.9. The second-order valence-electron chi connectivity index (χ2n) is 14.5. The lowest BCUT2D eigenvalue weighted by molar-refractivity contribution is -0.210. The fourth-order valence-corrected chi connectivity index (χ4v) is 10.9. The van der Waals surface area contributed by atoms with E-state index in [0.717, 1.165) is 36.0 Å². The molecule has 0 unspecified atom stereocenters. The van der Waals surface area contributed by atoms with Crippen molar-refractivity contribution in [2.24, 2.45) is 57.2 Å². The first-order valence-corrected chi connectivity index (χ1v) is 14.2. The molecule has 0 aromatic carbocycles. The van der Waals surface area contributed by atoms with Gasteiger partial charge in [0, 0.05) is 12.3 Å². The Labute approximate surface area is 203 Å². The van der Waals surface area contributed by atoms with Gasteiger partial charge in [-0.05, 0) is 103 Å². The molecule has 0 spiro atoms. The van der Waals surface area contributed by atoms with Crippen molar-refractivity contribution in [1.29, 1.82) is 0 Å². The second kappa shape index (κ2) is 7.60. The van der Waals surface area contributed by atoms with Crippen LogP contribution in [0.25, 0.3) is 0 Å². The molecule has 5 rings (SSSR count). The van der Waals surface area contributed by atoms with E-state index in [1.807, 2.05) is 5.57 Å². The van der Waals surface area contributed by atoms with Crippen molar-refractivity contribution in [3.63, 3.8) is 0 Å². The lowest BCUT2D eigenvalue weighted by atomic mass is 9.34. The van der Waals surface area contributed by atoms with Gasteiger partial charge in [-0.3, -0.25) is 4.79 Å². The fraction of sp³-hybridized carbons (Fsp3) is 0.903. The lowest BCUT2D eigenvalue weighted by Crippen LogP contribution is -2.64. The summed E-state index contributed by atoms with van der Waals surface area (Å²) in [4.78, 5) is 11.9. The number of esters is 1. The van der Waals surface area contributed by atoms with Crippen molar-refractivity contribution in [1.82, 2.24) is 0 Å². The van der Waals surface area contributed by atoms with Crippen LogP contribution in [0.5, 0.6) is 0 Å². The van der Waals surface area contributed by atoms with E-state index in [4.69, 9.17) is 4.74 Å². The highest BCUT2D eigenvalue weighted by molar-refractivity contribution is 5.66. The first-order chi connectivity index (χ1) is 15.4. The minimum absolute atomic E-state index is 0.0515. The third kappa shape index (κ3) is 3.13. The minimum atomic E-state index is -0.109. The van der Waals surface area contributed by atoms with Gasteiger partial charge in [-0.1, -0.05) is 66.5 Å². The number of fused-ring (bicyclic) bond motifs is 7. The molecule has 33 heavy (non-hydrogen) atoms. The summed E-state index contributed by atoms with van der Waals surface area (Å²) in [6.07, 6.45) is 14.7. The molecule has 0 bridgehead atoms. The zero-order valence-corrected chi connectivity index (χ0v) is 22.8. The molecule has 0 aromatic heterocycles. The van der Waals surface area contributed by atoms with Crippen LogP contribution < -0.4 is 0 Å². The summed E-state index contributed by atoms with van der Waals surface area (Å²) in [5, 5.41) is 0. The molecule has 0 amide bonds. The van der Waals surface area contributed by atoms with Crippen LogP contribution in [0.3, 0.4) is 0 Å². The highest BCUT2D eigenvalue weighted by atomic mass is 16.5. The summed E-state index contributed by atoms with van der Waals surface area (Å²) < 4.78 is 5.90. The Hall–Kier alpha value is -0.790. The molecule has 4 fully saturated rings. The summed E-state index contributed by atoms with van der Waals surface area (Å²) in [7, 11) is 0. The maximum atomic E-state index is 11.9. The number of ether oxygens (including phenoxy) is 1. The monoisotopic (exact) mass is 454 g/mol. The average Bonchev–Trinajstić information content (AvgIpc) is 2.73. The van der Waals surface area contributed by atoms with Crippen molar-refractivity contribution in [2.75, 3.05) is 0 Å². The van der Waals surface area contributed by atoms with Gasteiger partial charge in [-0.2, -0.15) is 0 Å². The normalized spacial score (nSPS) is 53.0. The largest absolute Gasteiger partial charge is 0.462 e. The van der Waals surface area contributed by atoms with E-state index >= 15 is 0 Å². The molecule has 0 heterocycles. The van der Waals surface area contributed by atoms with Gasteiger partial charge in [0.25, 0.3) is 0 Å². The molecule has 10 atom stereocenters. The van der Waals surface area contributed by atoms with Gasteiger partial charge < -0.3 is 4.74 Å². The third-order valence-corrected chi connectivity index (χ3v) is 13.1. The quantitative estimate of drug-likeness (QED) is 0.295. The Morgan fingerprint density at radius 1 is 0.909 bits per heavy atom. The molecule has 2 nitrogen and oxygen atoms in total. The molecule has 0 radical (unpaired) electrons. The van der Waals surface area contributed by atoms with Crippen molar-refractivity contribution in [3.8, 4) is 0 Å². The van der Waals surface area contributed by atoms with Gasteiger partial charge in [0.05, 0.1) is 0 Å². The lowest BCUT2D eigenvalue weighted by Gasteiger charge is -2.70. The number of carbonyl (C=O) groups is 1. The molecule has 0 N–H and O–H groups in total. The molecular formula is C31H50O2. The Morgan fingerprint density at radius 3 is 2.33 bits per heavy atom. The number of hydrogen-bond donors (Lipinski definition) is 0. The van der Waals surface area contributed by atoms with Gasteiger partial charge in [-0.15, -0.1) is 0 Å². The van der Waals surface area contributed by atoms with Crippen LogP contribution in [0.15, 0.2) is 11.6 Å². The zero-order chi connectivity index (χ0) is 24.0. The third-order valence-electron chi connectivity index (χ3n) is 13.1. The maximum Gasteiger partial charge on any atom is 0.302 e. The second-order valence-corrected chi connectivity index (χ2v) is 14.5. The zero-order valence-electron chi connectivity index (χ0n) is 22.8. The molecule has 5 aliphatic carbocycles. The van der Waals surface area contributed by atoms with Gasteiger partial charge in [0.15, 0.2) is 0 Å². The van der Waals surface area contributed by atoms with Gasteiger partial charge >= 0.3 is 5.97 Å². The summed E-state index contributed by atoms with van der Waals surface area (Å²) in [5.74, 6) is 4.72. The van der Waals surface area contributed by atoms with Gasteiger partial charge in [-0.25, -0.2) is 0 Å². The summed E-state index contributed by atoms with van der Waals surface area (Å²) in [6, 6.07) is 0. The molecule has 0 saturated heterocycles. The maximum absolute atomic E-state index is 11.9. The van der Waals surface area contributed by atoms with Crippen molar-refractivity contribution in [2.45, 2.75) is 119 Å². The van der Waals surface area contributed by atoms with Crippen LogP contribution in [0, 0.1) is 57.2 Å².